The maximum Gasteiger partial charge on any atom is 0.277 e. The average Bonchev–Trinajstić information content (AvgIpc) is 3.45. The number of non-ortho nitro benzene ring substituents is 1. The van der Waals surface area contributed by atoms with Crippen molar-refractivity contribution in [1.29, 1.82) is 0 Å². The van der Waals surface area contributed by atoms with Gasteiger partial charge < -0.3 is 0 Å². The van der Waals surface area contributed by atoms with Gasteiger partial charge in [-0.3, -0.25) is 19.7 Å². The zero-order valence-corrected chi connectivity index (χ0v) is 16.7. The topological polar surface area (TPSA) is 80.5 Å². The largest absolute Gasteiger partial charge is 0.277 e. The van der Waals surface area contributed by atoms with Crippen LogP contribution in [-0.4, -0.2) is 16.7 Å². The molecule has 1 saturated heterocycles. The molecule has 6 heteroatoms. The second kappa shape index (κ2) is 6.48. The van der Waals surface area contributed by atoms with Gasteiger partial charge in [-0.05, 0) is 48.3 Å². The second-order valence-corrected chi connectivity index (χ2v) is 8.88. The molecule has 2 amide bonds. The molecule has 2 bridgehead atoms. The number of hydrogen-bond donors (Lipinski definition) is 0. The van der Waals surface area contributed by atoms with Gasteiger partial charge in [-0.1, -0.05) is 48.5 Å². The Labute approximate surface area is 178 Å². The molecule has 1 aliphatic heterocycles. The predicted molar refractivity (Wildman–Crippen MR) is 115 cm³/mol. The molecule has 0 unspecified atom stereocenters. The molecule has 3 fully saturated rings. The fraction of sp³-hybridized carbons (Fsp3) is 0.280. The number of nitro benzene ring substituents is 1. The molecule has 1 heterocycles. The number of nitro groups is 1. The second-order valence-electron chi connectivity index (χ2n) is 8.88. The molecular formula is C25H20N2O4. The summed E-state index contributed by atoms with van der Waals surface area (Å²) in [6.45, 7) is 0. The summed E-state index contributed by atoms with van der Waals surface area (Å²) in [5, 5.41) is 12.5. The molecule has 6 rings (SSSR count). The van der Waals surface area contributed by atoms with E-state index in [4.69, 9.17) is 0 Å². The van der Waals surface area contributed by atoms with Gasteiger partial charge in [0.25, 0.3) is 5.69 Å². The van der Waals surface area contributed by atoms with E-state index in [1.165, 1.54) is 16.5 Å². The van der Waals surface area contributed by atoms with Crippen LogP contribution in [0.25, 0.3) is 10.8 Å². The van der Waals surface area contributed by atoms with Crippen LogP contribution in [0.1, 0.15) is 24.3 Å². The fourth-order valence-corrected chi connectivity index (χ4v) is 6.40. The van der Waals surface area contributed by atoms with Crippen molar-refractivity contribution < 1.29 is 14.5 Å². The van der Waals surface area contributed by atoms with Gasteiger partial charge in [-0.25, -0.2) is 4.90 Å². The van der Waals surface area contributed by atoms with E-state index in [1.54, 1.807) is 30.3 Å². The summed E-state index contributed by atoms with van der Waals surface area (Å²) in [5.74, 6) is -0.182. The van der Waals surface area contributed by atoms with Crippen molar-refractivity contribution in [2.45, 2.75) is 18.8 Å². The Kier molecular flexibility index (Phi) is 3.81. The highest BCUT2D eigenvalue weighted by molar-refractivity contribution is 6.25. The molecule has 0 N–H and O–H groups in total. The van der Waals surface area contributed by atoms with E-state index in [-0.39, 0.29) is 41.2 Å². The molecule has 154 valence electrons. The molecule has 6 nitrogen and oxygen atoms in total. The SMILES string of the molecule is O=C1[C@@H]2[C@H]3C[C@H](C[C@H]3c3ccccc3)[C@@H]2C(=O)N1c1ccc([N+](=O)[O-])c2ccccc12. The van der Waals surface area contributed by atoms with Crippen molar-refractivity contribution in [3.63, 3.8) is 0 Å². The van der Waals surface area contributed by atoms with Crippen LogP contribution in [0.15, 0.2) is 66.7 Å². The van der Waals surface area contributed by atoms with Crippen molar-refractivity contribution in [3.05, 3.63) is 82.4 Å². The molecule has 2 aliphatic carbocycles. The average molecular weight is 412 g/mol. The van der Waals surface area contributed by atoms with Gasteiger partial charge in [-0.15, -0.1) is 0 Å². The third-order valence-electron chi connectivity index (χ3n) is 7.56. The Balaban J connectivity index is 1.42. The van der Waals surface area contributed by atoms with Crippen molar-refractivity contribution in [3.8, 4) is 0 Å². The molecule has 31 heavy (non-hydrogen) atoms. The van der Waals surface area contributed by atoms with Crippen LogP contribution in [-0.2, 0) is 9.59 Å². The first-order chi connectivity index (χ1) is 15.1. The Morgan fingerprint density at radius 1 is 0.806 bits per heavy atom. The maximum atomic E-state index is 13.6. The third-order valence-corrected chi connectivity index (χ3v) is 7.56. The molecular weight excluding hydrogens is 392 g/mol. The lowest BCUT2D eigenvalue weighted by atomic mass is 9.73. The van der Waals surface area contributed by atoms with E-state index in [9.17, 15) is 19.7 Å². The molecule has 0 aromatic heterocycles. The smallest absolute Gasteiger partial charge is 0.274 e. The zero-order chi connectivity index (χ0) is 21.3. The van der Waals surface area contributed by atoms with E-state index in [0.29, 0.717) is 22.4 Å². The Hall–Kier alpha value is -3.54. The van der Waals surface area contributed by atoms with Crippen molar-refractivity contribution in [2.24, 2.45) is 23.7 Å². The minimum atomic E-state index is -0.431. The number of imide groups is 1. The van der Waals surface area contributed by atoms with E-state index >= 15 is 0 Å². The van der Waals surface area contributed by atoms with E-state index in [0.717, 1.165) is 12.8 Å². The monoisotopic (exact) mass is 412 g/mol. The lowest BCUT2D eigenvalue weighted by Crippen LogP contribution is -2.33. The Bertz CT molecular complexity index is 1250. The van der Waals surface area contributed by atoms with Gasteiger partial charge in [0.05, 0.1) is 27.8 Å². The normalized spacial score (nSPS) is 29.0. The van der Waals surface area contributed by atoms with Crippen LogP contribution in [0.2, 0.25) is 0 Å². The molecule has 3 aromatic carbocycles. The summed E-state index contributed by atoms with van der Waals surface area (Å²) < 4.78 is 0. The van der Waals surface area contributed by atoms with Crippen LogP contribution >= 0.6 is 0 Å². The summed E-state index contributed by atoms with van der Waals surface area (Å²) in [6.07, 6.45) is 1.85. The van der Waals surface area contributed by atoms with Crippen LogP contribution < -0.4 is 4.90 Å². The van der Waals surface area contributed by atoms with E-state index < -0.39 is 4.92 Å². The molecule has 0 spiro atoms. The number of benzene rings is 3. The van der Waals surface area contributed by atoms with Gasteiger partial charge in [0.2, 0.25) is 11.8 Å². The number of fused-ring (bicyclic) bond motifs is 6. The van der Waals surface area contributed by atoms with Gasteiger partial charge in [0.1, 0.15) is 0 Å². The third kappa shape index (κ3) is 2.45. The summed E-state index contributed by atoms with van der Waals surface area (Å²) >= 11 is 0. The Morgan fingerprint density at radius 3 is 2.23 bits per heavy atom. The summed E-state index contributed by atoms with van der Waals surface area (Å²) in [5.41, 5.74) is 1.68. The number of rotatable bonds is 3. The van der Waals surface area contributed by atoms with Crippen LogP contribution in [0.3, 0.4) is 0 Å². The van der Waals surface area contributed by atoms with E-state index in [2.05, 4.69) is 12.1 Å². The van der Waals surface area contributed by atoms with Crippen molar-refractivity contribution >= 4 is 34.0 Å². The number of anilines is 1. The standard InChI is InChI=1S/C25H20N2O4/c28-24-22-15-12-18(14-6-2-1-3-7-14)19(13-15)23(22)25(29)26(24)20-10-11-21(27(30)31)17-9-5-4-8-16(17)20/h1-11,15,18-19,22-23H,12-13H2/t15-,18-,19-,22-,23+/m0/s1. The van der Waals surface area contributed by atoms with E-state index in [1.807, 2.05) is 18.2 Å². The highest BCUT2D eigenvalue weighted by Gasteiger charge is 2.64. The molecule has 3 aliphatic rings. The van der Waals surface area contributed by atoms with Crippen LogP contribution in [0, 0.1) is 33.8 Å². The highest BCUT2D eigenvalue weighted by atomic mass is 16.6. The van der Waals surface area contributed by atoms with Gasteiger partial charge in [0.15, 0.2) is 0 Å². The molecule has 5 atom stereocenters. The number of hydrogen-bond acceptors (Lipinski definition) is 4. The lowest BCUT2D eigenvalue weighted by molar-refractivity contribution is -0.383. The van der Waals surface area contributed by atoms with Crippen molar-refractivity contribution in [2.75, 3.05) is 4.90 Å². The number of carbonyl (C=O) groups excluding carboxylic acids is 2. The number of carbonyl (C=O) groups is 2. The zero-order valence-electron chi connectivity index (χ0n) is 16.7. The fourth-order valence-electron chi connectivity index (χ4n) is 6.40. The first kappa shape index (κ1) is 18.2. The van der Waals surface area contributed by atoms with Gasteiger partial charge >= 0.3 is 0 Å². The first-order valence-corrected chi connectivity index (χ1v) is 10.6. The number of nitrogens with zero attached hydrogens (tertiary/aromatic N) is 2. The summed E-state index contributed by atoms with van der Waals surface area (Å²) in [4.78, 5) is 39.4. The quantitative estimate of drug-likeness (QED) is 0.355. The van der Waals surface area contributed by atoms with Crippen LogP contribution in [0.4, 0.5) is 11.4 Å². The lowest BCUT2D eigenvalue weighted by Gasteiger charge is -2.28. The molecule has 0 radical (unpaired) electrons. The summed E-state index contributed by atoms with van der Waals surface area (Å²) in [6, 6.07) is 20.1. The van der Waals surface area contributed by atoms with Crippen LogP contribution in [0.5, 0.6) is 0 Å². The highest BCUT2D eigenvalue weighted by Crippen LogP contribution is 2.62. The first-order valence-electron chi connectivity index (χ1n) is 10.6. The van der Waals surface area contributed by atoms with Gasteiger partial charge in [0, 0.05) is 11.5 Å². The summed E-state index contributed by atoms with van der Waals surface area (Å²) in [7, 11) is 0. The Morgan fingerprint density at radius 2 is 1.48 bits per heavy atom. The maximum absolute atomic E-state index is 13.6. The predicted octanol–water partition coefficient (Wildman–Crippen LogP) is 4.68. The van der Waals surface area contributed by atoms with Crippen molar-refractivity contribution in [1.82, 2.24) is 0 Å². The molecule has 3 aromatic rings. The number of amides is 2. The minimum Gasteiger partial charge on any atom is -0.274 e. The van der Waals surface area contributed by atoms with Gasteiger partial charge in [-0.2, -0.15) is 0 Å². The molecule has 2 saturated carbocycles. The minimum absolute atomic E-state index is 0.0251.